The first-order chi connectivity index (χ1) is 18.9. The maximum Gasteiger partial charge on any atom is 0.330 e. The van der Waals surface area contributed by atoms with E-state index in [0.717, 1.165) is 25.7 Å². The van der Waals surface area contributed by atoms with E-state index in [1.165, 1.54) is 16.8 Å². The molecule has 10 nitrogen and oxygen atoms in total. The number of hydrogen-bond donors (Lipinski definition) is 2. The zero-order valence-corrected chi connectivity index (χ0v) is 24.7. The molecule has 0 amide bonds. The smallest absolute Gasteiger partial charge is 0.330 e. The number of rotatable bonds is 15. The predicted molar refractivity (Wildman–Crippen MR) is 153 cm³/mol. The van der Waals surface area contributed by atoms with Gasteiger partial charge in [-0.15, -0.1) is 0 Å². The van der Waals surface area contributed by atoms with E-state index in [0.29, 0.717) is 24.7 Å². The fourth-order valence-corrected chi connectivity index (χ4v) is 5.42. The van der Waals surface area contributed by atoms with E-state index in [-0.39, 0.29) is 31.1 Å². The molecule has 0 bridgehead atoms. The minimum absolute atomic E-state index is 0.0283. The van der Waals surface area contributed by atoms with Gasteiger partial charge in [0.05, 0.1) is 19.3 Å². The molecule has 1 aromatic carbocycles. The van der Waals surface area contributed by atoms with Gasteiger partial charge in [0.2, 0.25) is 0 Å². The Labute approximate surface area is 232 Å². The zero-order valence-electron chi connectivity index (χ0n) is 23.8. The molecule has 0 saturated carbocycles. The molecule has 0 spiro atoms. The van der Waals surface area contributed by atoms with E-state index < -0.39 is 26.0 Å². The number of H-pyrrole nitrogens is 1. The Kier molecular flexibility index (Phi) is 15.0. The van der Waals surface area contributed by atoms with Crippen LogP contribution in [-0.4, -0.2) is 41.4 Å². The second kappa shape index (κ2) is 17.9. The van der Waals surface area contributed by atoms with E-state index in [1.54, 1.807) is 0 Å². The lowest BCUT2D eigenvalue weighted by atomic mass is 9.99. The number of nitrogens with one attached hydrogen (secondary N) is 2. The zero-order chi connectivity index (χ0) is 28.6. The lowest BCUT2D eigenvalue weighted by Gasteiger charge is -2.21. The minimum Gasteiger partial charge on any atom is -0.464 e. The molecule has 2 N–H and O–H groups in total. The van der Waals surface area contributed by atoms with Gasteiger partial charge in [-0.25, -0.2) is 9.88 Å². The molecule has 11 heteroatoms. The largest absolute Gasteiger partial charge is 0.464 e. The SMILES string of the molecule is CC.CCCC(CCC)COC(=O)CNP(OCC1CC(C)C(n2ccc(=O)[nH]c2=O)O1)Oc1ccccc1. The minimum atomic E-state index is -1.67. The van der Waals surface area contributed by atoms with Gasteiger partial charge in [-0.2, -0.15) is 0 Å². The molecule has 1 fully saturated rings. The van der Waals surface area contributed by atoms with Crippen LogP contribution in [0.1, 0.15) is 73.0 Å². The van der Waals surface area contributed by atoms with Crippen LogP contribution >= 0.6 is 8.53 Å². The van der Waals surface area contributed by atoms with E-state index >= 15 is 0 Å². The first-order valence-corrected chi connectivity index (χ1v) is 15.1. The second-order valence-electron chi connectivity index (χ2n) is 9.30. The van der Waals surface area contributed by atoms with Gasteiger partial charge >= 0.3 is 20.2 Å². The van der Waals surface area contributed by atoms with Crippen molar-refractivity contribution < 1.29 is 23.3 Å². The van der Waals surface area contributed by atoms with Crippen LogP contribution in [0.3, 0.4) is 0 Å². The molecule has 0 aliphatic carbocycles. The Morgan fingerprint density at radius 1 is 1.15 bits per heavy atom. The summed E-state index contributed by atoms with van der Waals surface area (Å²) in [5.74, 6) is 0.661. The Morgan fingerprint density at radius 3 is 2.49 bits per heavy atom. The molecule has 218 valence electrons. The summed E-state index contributed by atoms with van der Waals surface area (Å²) in [4.78, 5) is 38.2. The first kappa shape index (κ1) is 32.7. The van der Waals surface area contributed by atoms with Crippen LogP contribution in [0, 0.1) is 11.8 Å². The highest BCUT2D eigenvalue weighted by Crippen LogP contribution is 2.38. The van der Waals surface area contributed by atoms with Crippen LogP contribution in [0.5, 0.6) is 5.75 Å². The molecule has 1 aromatic heterocycles. The van der Waals surface area contributed by atoms with Gasteiger partial charge in [0, 0.05) is 18.2 Å². The van der Waals surface area contributed by atoms with Crippen molar-refractivity contribution in [2.75, 3.05) is 19.8 Å². The van der Waals surface area contributed by atoms with E-state index in [1.807, 2.05) is 51.1 Å². The van der Waals surface area contributed by atoms with E-state index in [9.17, 15) is 14.4 Å². The van der Waals surface area contributed by atoms with Crippen LogP contribution in [0.25, 0.3) is 0 Å². The van der Waals surface area contributed by atoms with Gasteiger partial charge in [0.15, 0.2) is 0 Å². The molecule has 1 aliphatic heterocycles. The normalized spacial score (nSPS) is 19.3. The molecule has 0 radical (unpaired) electrons. The number of aromatic nitrogens is 2. The van der Waals surface area contributed by atoms with Crippen LogP contribution < -0.4 is 20.9 Å². The van der Waals surface area contributed by atoms with Crippen LogP contribution in [0.2, 0.25) is 0 Å². The lowest BCUT2D eigenvalue weighted by Crippen LogP contribution is -2.33. The number of carbonyl (C=O) groups excluding carboxylic acids is 1. The monoisotopic (exact) mass is 565 g/mol. The standard InChI is InChI=1S/C26H38N3O7P.C2H6/c1-4-9-20(10-5-2)17-33-24(31)16-27-37(36-21-11-7-6-8-12-21)34-18-22-15-19(3)25(35-22)29-14-13-23(30)28-26(29)32;1-2/h6-8,11-14,19-20,22,25,27H,4-5,9-10,15-18H2,1-3H3,(H,28,30,32);1-2H3. The summed E-state index contributed by atoms with van der Waals surface area (Å²) in [6, 6.07) is 10.5. The fraction of sp³-hybridized carbons (Fsp3) is 0.607. The third-order valence-corrected chi connectivity index (χ3v) is 7.29. The number of aromatic amines is 1. The summed E-state index contributed by atoms with van der Waals surface area (Å²) in [5, 5.41) is 3.04. The number of esters is 1. The van der Waals surface area contributed by atoms with Crippen molar-refractivity contribution in [2.45, 2.75) is 79.1 Å². The van der Waals surface area contributed by atoms with Gasteiger partial charge in [-0.05, 0) is 37.3 Å². The maximum atomic E-state index is 12.4. The predicted octanol–water partition coefficient (Wildman–Crippen LogP) is 5.16. The number of ether oxygens (including phenoxy) is 2. The van der Waals surface area contributed by atoms with Gasteiger partial charge in [0.1, 0.15) is 18.5 Å². The molecule has 1 aliphatic rings. The van der Waals surface area contributed by atoms with Gasteiger partial charge in [0.25, 0.3) is 5.56 Å². The molecular formula is C28H44N3O7P. The summed E-state index contributed by atoms with van der Waals surface area (Å²) >= 11 is 0. The third kappa shape index (κ3) is 11.2. The molecule has 2 aromatic rings. The molecule has 39 heavy (non-hydrogen) atoms. The summed E-state index contributed by atoms with van der Waals surface area (Å²) in [7, 11) is -1.67. The molecule has 1 saturated heterocycles. The highest BCUT2D eigenvalue weighted by Gasteiger charge is 2.35. The quantitative estimate of drug-likeness (QED) is 0.225. The topological polar surface area (TPSA) is 121 Å². The number of carbonyl (C=O) groups is 1. The van der Waals surface area contributed by atoms with Crippen molar-refractivity contribution >= 4 is 14.5 Å². The Bertz CT molecular complexity index is 1070. The first-order valence-electron chi connectivity index (χ1n) is 13.9. The maximum absolute atomic E-state index is 12.4. The van der Waals surface area contributed by atoms with Gasteiger partial charge in [-0.1, -0.05) is 65.7 Å². The lowest BCUT2D eigenvalue weighted by molar-refractivity contribution is -0.143. The van der Waals surface area contributed by atoms with Gasteiger partial charge in [-0.3, -0.25) is 19.1 Å². The molecule has 4 unspecified atom stereocenters. The Morgan fingerprint density at radius 2 is 1.85 bits per heavy atom. The summed E-state index contributed by atoms with van der Waals surface area (Å²) < 4.78 is 24.9. The number of hydrogen-bond acceptors (Lipinski definition) is 8. The average Bonchev–Trinajstić information content (AvgIpc) is 3.30. The van der Waals surface area contributed by atoms with Crippen molar-refractivity contribution in [3.8, 4) is 5.75 Å². The van der Waals surface area contributed by atoms with E-state index in [4.69, 9.17) is 18.5 Å². The van der Waals surface area contributed by atoms with Crippen molar-refractivity contribution in [3.05, 3.63) is 63.4 Å². The van der Waals surface area contributed by atoms with Crippen molar-refractivity contribution in [3.63, 3.8) is 0 Å². The van der Waals surface area contributed by atoms with Crippen molar-refractivity contribution in [2.24, 2.45) is 11.8 Å². The van der Waals surface area contributed by atoms with Crippen molar-refractivity contribution in [1.29, 1.82) is 0 Å². The summed E-state index contributed by atoms with van der Waals surface area (Å²) in [6.45, 7) is 10.8. The van der Waals surface area contributed by atoms with Crippen molar-refractivity contribution in [1.82, 2.24) is 14.6 Å². The highest BCUT2D eigenvalue weighted by atomic mass is 31.2. The summed E-state index contributed by atoms with van der Waals surface area (Å²) in [5.41, 5.74) is -0.966. The second-order valence-corrected chi connectivity index (χ2v) is 10.6. The molecule has 2 heterocycles. The molecule has 3 rings (SSSR count). The van der Waals surface area contributed by atoms with Crippen LogP contribution in [0.15, 0.2) is 52.2 Å². The third-order valence-electron chi connectivity index (χ3n) is 6.11. The Hall–Kier alpha value is -2.52. The van der Waals surface area contributed by atoms with Crippen LogP contribution in [0.4, 0.5) is 0 Å². The Balaban J connectivity index is 0.00000260. The summed E-state index contributed by atoms with van der Waals surface area (Å²) in [6.07, 6.45) is 5.48. The highest BCUT2D eigenvalue weighted by molar-refractivity contribution is 7.45. The number of benzene rings is 1. The molecule has 4 atom stereocenters. The number of para-hydroxylation sites is 1. The van der Waals surface area contributed by atoms with E-state index in [2.05, 4.69) is 23.9 Å². The van der Waals surface area contributed by atoms with Crippen LogP contribution in [-0.2, 0) is 18.8 Å². The fourth-order valence-electron chi connectivity index (χ4n) is 4.34. The molecular weight excluding hydrogens is 521 g/mol. The average molecular weight is 566 g/mol. The van der Waals surface area contributed by atoms with Gasteiger partial charge < -0.3 is 18.5 Å². The number of nitrogens with zero attached hydrogens (tertiary/aromatic N) is 1.